The van der Waals surface area contributed by atoms with Crippen molar-refractivity contribution in [3.05, 3.63) is 23.8 Å². The Kier molecular flexibility index (Phi) is 6.01. The summed E-state index contributed by atoms with van der Waals surface area (Å²) in [6.45, 7) is 2.68. The Balaban J connectivity index is 1.70. The number of aromatic hydroxyl groups is 1. The van der Waals surface area contributed by atoms with E-state index in [1.165, 1.54) is 24.5 Å². The van der Waals surface area contributed by atoms with E-state index in [9.17, 15) is 19.8 Å². The number of carbonyl (C=O) groups is 2. The fourth-order valence-corrected chi connectivity index (χ4v) is 4.95. The molecular formula is C21H30N2O5. The van der Waals surface area contributed by atoms with Gasteiger partial charge in [-0.25, -0.2) is 4.79 Å². The average Bonchev–Trinajstić information content (AvgIpc) is 2.67. The van der Waals surface area contributed by atoms with Gasteiger partial charge in [0.2, 0.25) is 5.91 Å². The molecule has 7 nitrogen and oxygen atoms in total. The van der Waals surface area contributed by atoms with Crippen LogP contribution in [0.3, 0.4) is 0 Å². The molecule has 0 radical (unpaired) electrons. The second-order valence-electron chi connectivity index (χ2n) is 7.99. The number of benzene rings is 1. The Morgan fingerprint density at radius 1 is 1.29 bits per heavy atom. The molecule has 0 spiro atoms. The lowest BCUT2D eigenvalue weighted by molar-refractivity contribution is -0.142. The first kappa shape index (κ1) is 20.3. The van der Waals surface area contributed by atoms with E-state index < -0.39 is 6.09 Å². The maximum absolute atomic E-state index is 12.9. The SMILES string of the molecule is CCC1(C2C(C(=O)NCc3ccc(O)c(OC)c3)CN2C(=O)O)CCCCC1. The number of hydrogen-bond donors (Lipinski definition) is 3. The normalized spacial score (nSPS) is 23.6. The number of hydrogen-bond acceptors (Lipinski definition) is 4. The number of carboxylic acid groups (broad SMARTS) is 1. The minimum absolute atomic E-state index is 0.0518. The van der Waals surface area contributed by atoms with Gasteiger partial charge in [0.15, 0.2) is 11.5 Å². The zero-order valence-corrected chi connectivity index (χ0v) is 16.6. The smallest absolute Gasteiger partial charge is 0.407 e. The van der Waals surface area contributed by atoms with Crippen molar-refractivity contribution in [2.45, 2.75) is 58.0 Å². The van der Waals surface area contributed by atoms with Gasteiger partial charge < -0.3 is 25.2 Å². The van der Waals surface area contributed by atoms with Crippen molar-refractivity contribution in [3.8, 4) is 11.5 Å². The van der Waals surface area contributed by atoms with Crippen molar-refractivity contribution in [1.29, 1.82) is 0 Å². The first-order chi connectivity index (χ1) is 13.4. The topological polar surface area (TPSA) is 99.1 Å². The summed E-state index contributed by atoms with van der Waals surface area (Å²) in [5.41, 5.74) is 0.718. The number of rotatable bonds is 6. The highest BCUT2D eigenvalue weighted by Gasteiger charge is 2.56. The summed E-state index contributed by atoms with van der Waals surface area (Å²) in [6.07, 6.45) is 5.30. The molecule has 1 heterocycles. The summed E-state index contributed by atoms with van der Waals surface area (Å²) in [5, 5.41) is 22.2. The third-order valence-electron chi connectivity index (χ3n) is 6.58. The highest BCUT2D eigenvalue weighted by Crippen LogP contribution is 2.50. The van der Waals surface area contributed by atoms with Crippen LogP contribution in [0.2, 0.25) is 0 Å². The highest BCUT2D eigenvalue weighted by molar-refractivity contribution is 5.83. The Labute approximate surface area is 165 Å². The van der Waals surface area contributed by atoms with Gasteiger partial charge in [0.05, 0.1) is 19.1 Å². The molecule has 2 fully saturated rings. The summed E-state index contributed by atoms with van der Waals surface area (Å²) in [4.78, 5) is 26.0. The number of phenolic OH excluding ortho intramolecular Hbond substituents is 1. The van der Waals surface area contributed by atoms with E-state index in [2.05, 4.69) is 12.2 Å². The zero-order valence-electron chi connectivity index (χ0n) is 16.6. The molecule has 7 heteroatoms. The summed E-state index contributed by atoms with van der Waals surface area (Å²) in [7, 11) is 1.48. The second kappa shape index (κ2) is 8.29. The van der Waals surface area contributed by atoms with Crippen LogP contribution in [0.25, 0.3) is 0 Å². The third kappa shape index (κ3) is 3.75. The predicted octanol–water partition coefficient (Wildman–Crippen LogP) is 3.36. The molecule has 1 aromatic carbocycles. The summed E-state index contributed by atoms with van der Waals surface area (Å²) in [5.74, 6) is -0.00511. The van der Waals surface area contributed by atoms with Crippen LogP contribution in [0.15, 0.2) is 18.2 Å². The van der Waals surface area contributed by atoms with Crippen molar-refractivity contribution in [2.24, 2.45) is 11.3 Å². The standard InChI is InChI=1S/C21H30N2O5/c1-3-21(9-5-4-6-10-21)18-15(13-23(18)20(26)27)19(25)22-12-14-7-8-16(24)17(11-14)28-2/h7-8,11,15,18,24H,3-6,9-10,12-13H2,1-2H3,(H,22,25)(H,26,27). The van der Waals surface area contributed by atoms with E-state index in [0.717, 1.165) is 37.7 Å². The fourth-order valence-electron chi connectivity index (χ4n) is 4.95. The highest BCUT2D eigenvalue weighted by atomic mass is 16.5. The van der Waals surface area contributed by atoms with Crippen LogP contribution in [0.1, 0.15) is 51.0 Å². The van der Waals surface area contributed by atoms with Crippen molar-refractivity contribution in [1.82, 2.24) is 10.2 Å². The fraction of sp³-hybridized carbons (Fsp3) is 0.619. The van der Waals surface area contributed by atoms with Gasteiger partial charge in [-0.15, -0.1) is 0 Å². The van der Waals surface area contributed by atoms with Gasteiger partial charge >= 0.3 is 6.09 Å². The van der Waals surface area contributed by atoms with Crippen molar-refractivity contribution >= 4 is 12.0 Å². The van der Waals surface area contributed by atoms with Gasteiger partial charge in [-0.05, 0) is 42.4 Å². The Bertz CT molecular complexity index is 730. The number of methoxy groups -OCH3 is 1. The van der Waals surface area contributed by atoms with Crippen LogP contribution in [0, 0.1) is 11.3 Å². The Morgan fingerprint density at radius 3 is 2.61 bits per heavy atom. The van der Waals surface area contributed by atoms with Crippen LogP contribution in [0.5, 0.6) is 11.5 Å². The maximum Gasteiger partial charge on any atom is 0.407 e. The van der Waals surface area contributed by atoms with E-state index in [0.29, 0.717) is 12.3 Å². The van der Waals surface area contributed by atoms with Crippen LogP contribution >= 0.6 is 0 Å². The van der Waals surface area contributed by atoms with Crippen LogP contribution < -0.4 is 10.1 Å². The number of carbonyl (C=O) groups excluding carboxylic acids is 1. The molecule has 2 unspecified atom stereocenters. The molecular weight excluding hydrogens is 360 g/mol. The monoisotopic (exact) mass is 390 g/mol. The summed E-state index contributed by atoms with van der Waals surface area (Å²) in [6, 6.07) is 4.71. The van der Waals surface area contributed by atoms with E-state index in [1.807, 2.05) is 0 Å². The maximum atomic E-state index is 12.9. The molecule has 1 saturated carbocycles. The zero-order chi connectivity index (χ0) is 20.3. The molecule has 0 aromatic heterocycles. The number of phenols is 1. The number of nitrogens with one attached hydrogen (secondary N) is 1. The van der Waals surface area contributed by atoms with Crippen LogP contribution in [0.4, 0.5) is 4.79 Å². The molecule has 3 N–H and O–H groups in total. The number of likely N-dealkylation sites (tertiary alicyclic amines) is 1. The predicted molar refractivity (Wildman–Crippen MR) is 104 cm³/mol. The first-order valence-electron chi connectivity index (χ1n) is 10.0. The molecule has 0 bridgehead atoms. The molecule has 1 aliphatic carbocycles. The molecule has 2 atom stereocenters. The molecule has 154 valence electrons. The van der Waals surface area contributed by atoms with E-state index in [1.54, 1.807) is 12.1 Å². The molecule has 2 amide bonds. The van der Waals surface area contributed by atoms with Crippen LogP contribution in [-0.4, -0.2) is 46.8 Å². The molecule has 28 heavy (non-hydrogen) atoms. The van der Waals surface area contributed by atoms with Gasteiger partial charge in [0.25, 0.3) is 0 Å². The molecule has 2 aliphatic rings. The average molecular weight is 390 g/mol. The van der Waals surface area contributed by atoms with Crippen molar-refractivity contribution < 1.29 is 24.5 Å². The van der Waals surface area contributed by atoms with Gasteiger partial charge in [-0.2, -0.15) is 0 Å². The number of ether oxygens (including phenoxy) is 1. The van der Waals surface area contributed by atoms with E-state index in [4.69, 9.17) is 4.74 Å². The minimum atomic E-state index is -0.935. The Hall–Kier alpha value is -2.44. The first-order valence-corrected chi connectivity index (χ1v) is 10.0. The van der Waals surface area contributed by atoms with Crippen LogP contribution in [-0.2, 0) is 11.3 Å². The summed E-state index contributed by atoms with van der Waals surface area (Å²) >= 11 is 0. The summed E-state index contributed by atoms with van der Waals surface area (Å²) < 4.78 is 5.10. The van der Waals surface area contributed by atoms with Gasteiger partial charge in [0.1, 0.15) is 0 Å². The van der Waals surface area contributed by atoms with E-state index >= 15 is 0 Å². The molecule has 1 aromatic rings. The van der Waals surface area contributed by atoms with Crippen molar-refractivity contribution in [2.75, 3.05) is 13.7 Å². The van der Waals surface area contributed by atoms with Gasteiger partial charge in [0, 0.05) is 13.1 Å². The largest absolute Gasteiger partial charge is 0.504 e. The second-order valence-corrected chi connectivity index (χ2v) is 7.99. The molecule has 1 saturated heterocycles. The van der Waals surface area contributed by atoms with Gasteiger partial charge in [-0.3, -0.25) is 4.79 Å². The number of amides is 2. The molecule has 1 aliphatic heterocycles. The van der Waals surface area contributed by atoms with E-state index in [-0.39, 0.29) is 35.6 Å². The lowest BCUT2D eigenvalue weighted by Gasteiger charge is -2.56. The Morgan fingerprint density at radius 2 is 2.00 bits per heavy atom. The molecule has 3 rings (SSSR count). The third-order valence-corrected chi connectivity index (χ3v) is 6.58. The quantitative estimate of drug-likeness (QED) is 0.692. The lowest BCUT2D eigenvalue weighted by Crippen LogP contribution is -2.68. The minimum Gasteiger partial charge on any atom is -0.504 e. The lowest BCUT2D eigenvalue weighted by atomic mass is 9.60. The van der Waals surface area contributed by atoms with Gasteiger partial charge in [-0.1, -0.05) is 32.3 Å². The number of nitrogens with zero attached hydrogens (tertiary/aromatic N) is 1. The van der Waals surface area contributed by atoms with Crippen molar-refractivity contribution in [3.63, 3.8) is 0 Å².